The summed E-state index contributed by atoms with van der Waals surface area (Å²) in [7, 11) is 0. The Bertz CT molecular complexity index is 371. The normalized spacial score (nSPS) is 14.6. The lowest BCUT2D eigenvalue weighted by atomic mass is 9.94. The van der Waals surface area contributed by atoms with Crippen molar-refractivity contribution in [2.75, 3.05) is 6.79 Å². The third-order valence-electron chi connectivity index (χ3n) is 2.13. The van der Waals surface area contributed by atoms with Crippen LogP contribution in [0.5, 0.6) is 11.5 Å². The van der Waals surface area contributed by atoms with Crippen LogP contribution in [0.25, 0.3) is 0 Å². The number of ether oxygens (including phenoxy) is 2. The van der Waals surface area contributed by atoms with Gasteiger partial charge in [-0.2, -0.15) is 0 Å². The molecule has 2 N–H and O–H groups in total. The lowest BCUT2D eigenvalue weighted by molar-refractivity contribution is 0.172. The van der Waals surface area contributed by atoms with Crippen molar-refractivity contribution in [2.45, 2.75) is 19.4 Å². The van der Waals surface area contributed by atoms with Crippen LogP contribution in [0.3, 0.4) is 0 Å². The fourth-order valence-electron chi connectivity index (χ4n) is 1.46. The molecule has 0 atom stereocenters. The molecule has 14 heavy (non-hydrogen) atoms. The Morgan fingerprint density at radius 3 is 2.71 bits per heavy atom. The van der Waals surface area contributed by atoms with Crippen LogP contribution < -0.4 is 15.2 Å². The lowest BCUT2D eigenvalue weighted by Gasteiger charge is -2.21. The first-order valence-corrected chi connectivity index (χ1v) is 4.75. The monoisotopic (exact) mass is 213 g/mol. The molecular weight excluding hydrogens is 202 g/mol. The first kappa shape index (κ1) is 9.62. The van der Waals surface area contributed by atoms with E-state index in [-0.39, 0.29) is 6.79 Å². The van der Waals surface area contributed by atoms with E-state index in [0.717, 1.165) is 5.56 Å². The summed E-state index contributed by atoms with van der Waals surface area (Å²) in [5.41, 5.74) is 6.39. The minimum atomic E-state index is -0.483. The predicted molar refractivity (Wildman–Crippen MR) is 54.8 cm³/mol. The SMILES string of the molecule is CC(C)(N)c1cc(Cl)cc2c1OCO2. The Kier molecular flexibility index (Phi) is 2.09. The van der Waals surface area contributed by atoms with Crippen LogP contribution in [-0.4, -0.2) is 6.79 Å². The summed E-state index contributed by atoms with van der Waals surface area (Å²) < 4.78 is 10.6. The van der Waals surface area contributed by atoms with Gasteiger partial charge in [0.1, 0.15) is 0 Å². The van der Waals surface area contributed by atoms with Crippen molar-refractivity contribution < 1.29 is 9.47 Å². The fourth-order valence-corrected chi connectivity index (χ4v) is 1.66. The molecular formula is C10H12ClNO2. The molecule has 4 heteroatoms. The molecule has 0 aliphatic carbocycles. The molecule has 0 radical (unpaired) electrons. The van der Waals surface area contributed by atoms with Crippen LogP contribution in [0.1, 0.15) is 19.4 Å². The first-order valence-electron chi connectivity index (χ1n) is 4.37. The van der Waals surface area contributed by atoms with Gasteiger partial charge in [0, 0.05) is 22.2 Å². The summed E-state index contributed by atoms with van der Waals surface area (Å²) in [6.07, 6.45) is 0. The molecule has 1 aromatic rings. The summed E-state index contributed by atoms with van der Waals surface area (Å²) in [5.74, 6) is 1.38. The minimum Gasteiger partial charge on any atom is -0.454 e. The molecule has 0 amide bonds. The van der Waals surface area contributed by atoms with Gasteiger partial charge in [-0.1, -0.05) is 11.6 Å². The smallest absolute Gasteiger partial charge is 0.231 e. The number of nitrogens with two attached hydrogens (primary N) is 1. The van der Waals surface area contributed by atoms with Gasteiger partial charge in [0.2, 0.25) is 6.79 Å². The third-order valence-corrected chi connectivity index (χ3v) is 2.35. The number of benzene rings is 1. The summed E-state index contributed by atoms with van der Waals surface area (Å²) >= 11 is 5.94. The zero-order valence-corrected chi connectivity index (χ0v) is 8.89. The van der Waals surface area contributed by atoms with Crippen molar-refractivity contribution in [1.82, 2.24) is 0 Å². The van der Waals surface area contributed by atoms with E-state index in [9.17, 15) is 0 Å². The highest BCUT2D eigenvalue weighted by atomic mass is 35.5. The van der Waals surface area contributed by atoms with Gasteiger partial charge in [-0.25, -0.2) is 0 Å². The van der Waals surface area contributed by atoms with Gasteiger partial charge in [0.25, 0.3) is 0 Å². The Balaban J connectivity index is 2.60. The van der Waals surface area contributed by atoms with Crippen molar-refractivity contribution in [3.63, 3.8) is 0 Å². The molecule has 0 aromatic heterocycles. The van der Waals surface area contributed by atoms with Crippen molar-refractivity contribution >= 4 is 11.6 Å². The molecule has 0 spiro atoms. The number of rotatable bonds is 1. The van der Waals surface area contributed by atoms with Crippen LogP contribution >= 0.6 is 11.6 Å². The van der Waals surface area contributed by atoms with E-state index < -0.39 is 5.54 Å². The average Bonchev–Trinajstić information content (AvgIpc) is 2.47. The summed E-state index contributed by atoms with van der Waals surface area (Å²) in [5, 5.41) is 0.614. The molecule has 0 saturated carbocycles. The molecule has 0 saturated heterocycles. The zero-order valence-electron chi connectivity index (χ0n) is 8.13. The molecule has 1 aliphatic rings. The van der Waals surface area contributed by atoms with Crippen molar-refractivity contribution in [1.29, 1.82) is 0 Å². The summed E-state index contributed by atoms with van der Waals surface area (Å²) in [6, 6.07) is 3.55. The highest BCUT2D eigenvalue weighted by Crippen LogP contribution is 2.41. The maximum atomic E-state index is 6.00. The van der Waals surface area contributed by atoms with E-state index >= 15 is 0 Å². The highest BCUT2D eigenvalue weighted by molar-refractivity contribution is 6.30. The van der Waals surface area contributed by atoms with Crippen LogP contribution in [0.4, 0.5) is 0 Å². The van der Waals surface area contributed by atoms with Gasteiger partial charge < -0.3 is 15.2 Å². The van der Waals surface area contributed by atoms with Crippen molar-refractivity contribution in [2.24, 2.45) is 5.73 Å². The topological polar surface area (TPSA) is 44.5 Å². The molecule has 1 heterocycles. The Morgan fingerprint density at radius 1 is 1.36 bits per heavy atom. The first-order chi connectivity index (χ1) is 6.48. The number of fused-ring (bicyclic) bond motifs is 1. The van der Waals surface area contributed by atoms with Gasteiger partial charge >= 0.3 is 0 Å². The third kappa shape index (κ3) is 1.53. The molecule has 0 bridgehead atoms. The fraction of sp³-hybridized carbons (Fsp3) is 0.400. The second kappa shape index (κ2) is 3.04. The van der Waals surface area contributed by atoms with Crippen LogP contribution in [0.2, 0.25) is 5.02 Å². The molecule has 0 fully saturated rings. The summed E-state index contributed by atoms with van der Waals surface area (Å²) in [4.78, 5) is 0. The zero-order chi connectivity index (χ0) is 10.3. The Hall–Kier alpha value is -0.930. The Labute approximate surface area is 87.8 Å². The highest BCUT2D eigenvalue weighted by Gasteiger charge is 2.26. The van der Waals surface area contributed by atoms with Gasteiger partial charge in [0.15, 0.2) is 11.5 Å². The van der Waals surface area contributed by atoms with Crippen LogP contribution in [0.15, 0.2) is 12.1 Å². The van der Waals surface area contributed by atoms with Crippen molar-refractivity contribution in [3.05, 3.63) is 22.7 Å². The van der Waals surface area contributed by atoms with Crippen LogP contribution in [-0.2, 0) is 5.54 Å². The minimum absolute atomic E-state index is 0.235. The molecule has 76 valence electrons. The lowest BCUT2D eigenvalue weighted by Crippen LogP contribution is -2.29. The molecule has 2 rings (SSSR count). The van der Waals surface area contributed by atoms with E-state index in [4.69, 9.17) is 26.8 Å². The van der Waals surface area contributed by atoms with Crippen molar-refractivity contribution in [3.8, 4) is 11.5 Å². The number of halogens is 1. The molecule has 1 aliphatic heterocycles. The van der Waals surface area contributed by atoms with Gasteiger partial charge in [-0.05, 0) is 19.9 Å². The van der Waals surface area contributed by atoms with E-state index in [1.165, 1.54) is 0 Å². The second-order valence-corrected chi connectivity index (χ2v) is 4.35. The van der Waals surface area contributed by atoms with Gasteiger partial charge in [0.05, 0.1) is 0 Å². The summed E-state index contributed by atoms with van der Waals surface area (Å²) in [6.45, 7) is 4.04. The number of hydrogen-bond donors (Lipinski definition) is 1. The van der Waals surface area contributed by atoms with E-state index in [1.807, 2.05) is 19.9 Å². The maximum absolute atomic E-state index is 6.00. The molecule has 0 unspecified atom stereocenters. The van der Waals surface area contributed by atoms with E-state index in [1.54, 1.807) is 6.07 Å². The average molecular weight is 214 g/mol. The standard InChI is InChI=1S/C10H12ClNO2/c1-10(2,12)7-3-6(11)4-8-9(7)14-5-13-8/h3-4H,5,12H2,1-2H3. The molecule has 3 nitrogen and oxygen atoms in total. The van der Waals surface area contributed by atoms with E-state index in [2.05, 4.69) is 0 Å². The number of hydrogen-bond acceptors (Lipinski definition) is 3. The van der Waals surface area contributed by atoms with E-state index in [0.29, 0.717) is 16.5 Å². The predicted octanol–water partition coefficient (Wildman–Crippen LogP) is 2.26. The van der Waals surface area contributed by atoms with Gasteiger partial charge in [-0.15, -0.1) is 0 Å². The van der Waals surface area contributed by atoms with Crippen LogP contribution in [0, 0.1) is 0 Å². The maximum Gasteiger partial charge on any atom is 0.231 e. The molecule has 1 aromatic carbocycles. The Morgan fingerprint density at radius 2 is 2.07 bits per heavy atom. The quantitative estimate of drug-likeness (QED) is 0.779. The largest absolute Gasteiger partial charge is 0.454 e. The second-order valence-electron chi connectivity index (χ2n) is 3.91. The van der Waals surface area contributed by atoms with Gasteiger partial charge in [-0.3, -0.25) is 0 Å².